The highest BCUT2D eigenvalue weighted by Crippen LogP contribution is 2.37. The standard InChI is InChI=1S/C15H14N2O/c1-2-17-14-8-4-3-7-12(14)13(15(17)18)10-11-6-5-9-16-11/h3-10,16H,2H2,1H3/b13-10+. The zero-order chi connectivity index (χ0) is 12.5. The lowest BCUT2D eigenvalue weighted by atomic mass is 10.1. The molecule has 90 valence electrons. The molecule has 18 heavy (non-hydrogen) atoms. The first-order valence-electron chi connectivity index (χ1n) is 6.07. The van der Waals surface area contributed by atoms with Gasteiger partial charge in [0.1, 0.15) is 0 Å². The Balaban J connectivity index is 2.14. The van der Waals surface area contributed by atoms with Gasteiger partial charge >= 0.3 is 0 Å². The van der Waals surface area contributed by atoms with E-state index in [0.29, 0.717) is 6.54 Å². The van der Waals surface area contributed by atoms with Crippen molar-refractivity contribution in [2.45, 2.75) is 6.92 Å². The van der Waals surface area contributed by atoms with Gasteiger partial charge in [-0.15, -0.1) is 0 Å². The van der Waals surface area contributed by atoms with Crippen LogP contribution in [0.5, 0.6) is 0 Å². The molecule has 0 saturated heterocycles. The third-order valence-electron chi connectivity index (χ3n) is 3.20. The number of anilines is 1. The molecular weight excluding hydrogens is 224 g/mol. The maximum atomic E-state index is 12.4. The highest BCUT2D eigenvalue weighted by atomic mass is 16.2. The molecular formula is C15H14N2O. The van der Waals surface area contributed by atoms with Crippen molar-refractivity contribution < 1.29 is 4.79 Å². The Morgan fingerprint density at radius 1 is 1.22 bits per heavy atom. The molecule has 2 heterocycles. The van der Waals surface area contributed by atoms with Crippen molar-refractivity contribution in [1.29, 1.82) is 0 Å². The highest BCUT2D eigenvalue weighted by Gasteiger charge is 2.30. The molecule has 0 radical (unpaired) electrons. The van der Waals surface area contributed by atoms with Gasteiger partial charge in [0.25, 0.3) is 5.91 Å². The van der Waals surface area contributed by atoms with E-state index in [1.165, 1.54) is 0 Å². The lowest BCUT2D eigenvalue weighted by molar-refractivity contribution is -0.112. The summed E-state index contributed by atoms with van der Waals surface area (Å²) >= 11 is 0. The predicted molar refractivity (Wildman–Crippen MR) is 73.1 cm³/mol. The molecule has 0 fully saturated rings. The first kappa shape index (κ1) is 10.8. The summed E-state index contributed by atoms with van der Waals surface area (Å²) < 4.78 is 0. The van der Waals surface area contributed by atoms with Crippen LogP contribution in [0, 0.1) is 0 Å². The van der Waals surface area contributed by atoms with E-state index in [9.17, 15) is 4.79 Å². The van der Waals surface area contributed by atoms with Gasteiger partial charge in [-0.2, -0.15) is 0 Å². The van der Waals surface area contributed by atoms with Crippen molar-refractivity contribution in [1.82, 2.24) is 4.98 Å². The molecule has 0 saturated carbocycles. The number of nitrogens with one attached hydrogen (secondary N) is 1. The van der Waals surface area contributed by atoms with E-state index in [0.717, 1.165) is 22.5 Å². The van der Waals surface area contributed by atoms with Gasteiger partial charge in [-0.1, -0.05) is 18.2 Å². The number of fused-ring (bicyclic) bond motifs is 1. The first-order valence-corrected chi connectivity index (χ1v) is 6.07. The number of likely N-dealkylation sites (N-methyl/N-ethyl adjacent to an activating group) is 1. The molecule has 2 aromatic rings. The summed E-state index contributed by atoms with van der Waals surface area (Å²) in [5.41, 5.74) is 3.72. The first-order chi connectivity index (χ1) is 8.81. The van der Waals surface area contributed by atoms with E-state index in [1.807, 2.05) is 60.5 Å². The van der Waals surface area contributed by atoms with Crippen LogP contribution in [0.25, 0.3) is 11.6 Å². The Hall–Kier alpha value is -2.29. The fraction of sp³-hybridized carbons (Fsp3) is 0.133. The van der Waals surface area contributed by atoms with Crippen LogP contribution >= 0.6 is 0 Å². The number of aromatic nitrogens is 1. The van der Waals surface area contributed by atoms with Gasteiger partial charge in [0.05, 0.1) is 11.3 Å². The second-order valence-corrected chi connectivity index (χ2v) is 4.25. The molecule has 1 aliphatic rings. The molecule has 0 unspecified atom stereocenters. The van der Waals surface area contributed by atoms with Crippen molar-refractivity contribution in [3.8, 4) is 0 Å². The maximum Gasteiger partial charge on any atom is 0.259 e. The average molecular weight is 238 g/mol. The van der Waals surface area contributed by atoms with E-state index in [4.69, 9.17) is 0 Å². The largest absolute Gasteiger partial charge is 0.362 e. The molecule has 1 aromatic carbocycles. The molecule has 0 spiro atoms. The smallest absolute Gasteiger partial charge is 0.259 e. The number of nitrogens with zero attached hydrogens (tertiary/aromatic N) is 1. The highest BCUT2D eigenvalue weighted by molar-refractivity contribution is 6.35. The fourth-order valence-electron chi connectivity index (χ4n) is 2.35. The second kappa shape index (κ2) is 4.18. The Bertz CT molecular complexity index is 611. The summed E-state index contributed by atoms with van der Waals surface area (Å²) in [5, 5.41) is 0. The van der Waals surface area contributed by atoms with E-state index < -0.39 is 0 Å². The molecule has 1 amide bonds. The lowest BCUT2D eigenvalue weighted by Crippen LogP contribution is -2.25. The summed E-state index contributed by atoms with van der Waals surface area (Å²) in [4.78, 5) is 17.3. The Morgan fingerprint density at radius 2 is 2.06 bits per heavy atom. The van der Waals surface area contributed by atoms with Crippen LogP contribution < -0.4 is 4.90 Å². The van der Waals surface area contributed by atoms with Crippen LogP contribution in [0.1, 0.15) is 18.2 Å². The van der Waals surface area contributed by atoms with Gasteiger partial charge in [-0.3, -0.25) is 4.79 Å². The normalized spacial score (nSPS) is 16.4. The zero-order valence-electron chi connectivity index (χ0n) is 10.2. The molecule has 0 atom stereocenters. The molecule has 0 aliphatic carbocycles. The Labute approximate surface area is 106 Å². The number of hydrogen-bond acceptors (Lipinski definition) is 1. The zero-order valence-corrected chi connectivity index (χ0v) is 10.2. The number of rotatable bonds is 2. The quantitative estimate of drug-likeness (QED) is 0.802. The van der Waals surface area contributed by atoms with Crippen molar-refractivity contribution in [3.63, 3.8) is 0 Å². The molecule has 3 rings (SSSR count). The van der Waals surface area contributed by atoms with Crippen LogP contribution in [0.2, 0.25) is 0 Å². The SMILES string of the molecule is CCN1C(=O)/C(=C/c2ccc[nH]2)c2ccccc21. The van der Waals surface area contributed by atoms with Crippen LogP contribution in [0.3, 0.4) is 0 Å². The summed E-state index contributed by atoms with van der Waals surface area (Å²) in [6.45, 7) is 2.68. The number of carbonyl (C=O) groups excluding carboxylic acids is 1. The molecule has 1 aliphatic heterocycles. The van der Waals surface area contributed by atoms with Crippen LogP contribution in [0.15, 0.2) is 42.6 Å². The van der Waals surface area contributed by atoms with E-state index in [-0.39, 0.29) is 5.91 Å². The van der Waals surface area contributed by atoms with Gasteiger partial charge in [-0.25, -0.2) is 0 Å². The summed E-state index contributed by atoms with van der Waals surface area (Å²) in [5.74, 6) is 0.0771. The van der Waals surface area contributed by atoms with Crippen molar-refractivity contribution >= 4 is 23.2 Å². The van der Waals surface area contributed by atoms with Gasteiger partial charge < -0.3 is 9.88 Å². The fourth-order valence-corrected chi connectivity index (χ4v) is 2.35. The number of carbonyl (C=O) groups is 1. The molecule has 1 aromatic heterocycles. The average Bonchev–Trinajstić information content (AvgIpc) is 2.98. The van der Waals surface area contributed by atoms with Crippen LogP contribution in [0.4, 0.5) is 5.69 Å². The topological polar surface area (TPSA) is 36.1 Å². The maximum absolute atomic E-state index is 12.4. The minimum atomic E-state index is 0.0771. The minimum absolute atomic E-state index is 0.0771. The molecule has 3 heteroatoms. The van der Waals surface area contributed by atoms with Crippen LogP contribution in [-0.2, 0) is 4.79 Å². The molecule has 3 nitrogen and oxygen atoms in total. The summed E-state index contributed by atoms with van der Waals surface area (Å²) in [6, 6.07) is 11.8. The predicted octanol–water partition coefficient (Wildman–Crippen LogP) is 2.92. The number of aromatic amines is 1. The number of para-hydroxylation sites is 1. The van der Waals surface area contributed by atoms with E-state index in [1.54, 1.807) is 0 Å². The molecule has 1 N–H and O–H groups in total. The Kier molecular flexibility index (Phi) is 2.52. The van der Waals surface area contributed by atoms with E-state index >= 15 is 0 Å². The second-order valence-electron chi connectivity index (χ2n) is 4.25. The number of amides is 1. The lowest BCUT2D eigenvalue weighted by Gasteiger charge is -2.13. The summed E-state index contributed by atoms with van der Waals surface area (Å²) in [6.07, 6.45) is 3.77. The van der Waals surface area contributed by atoms with Crippen molar-refractivity contribution in [2.75, 3.05) is 11.4 Å². The third kappa shape index (κ3) is 1.56. The number of hydrogen-bond donors (Lipinski definition) is 1. The van der Waals surface area contributed by atoms with E-state index in [2.05, 4.69) is 4.98 Å². The van der Waals surface area contributed by atoms with Crippen LogP contribution in [-0.4, -0.2) is 17.4 Å². The van der Waals surface area contributed by atoms with Gasteiger partial charge in [0.15, 0.2) is 0 Å². The number of benzene rings is 1. The monoisotopic (exact) mass is 238 g/mol. The number of H-pyrrole nitrogens is 1. The minimum Gasteiger partial charge on any atom is -0.362 e. The summed E-state index contributed by atoms with van der Waals surface area (Å²) in [7, 11) is 0. The van der Waals surface area contributed by atoms with Gasteiger partial charge in [0, 0.05) is 24.0 Å². The van der Waals surface area contributed by atoms with Crippen molar-refractivity contribution in [2.24, 2.45) is 0 Å². The Morgan fingerprint density at radius 3 is 2.78 bits per heavy atom. The van der Waals surface area contributed by atoms with Gasteiger partial charge in [0.2, 0.25) is 0 Å². The third-order valence-corrected chi connectivity index (χ3v) is 3.20. The van der Waals surface area contributed by atoms with Crippen molar-refractivity contribution in [3.05, 3.63) is 53.9 Å². The van der Waals surface area contributed by atoms with Gasteiger partial charge in [-0.05, 0) is 31.2 Å². The molecule has 0 bridgehead atoms.